The third kappa shape index (κ3) is 3.70. The molecule has 0 saturated carbocycles. The Hall–Kier alpha value is -1.55. The van der Waals surface area contributed by atoms with Crippen molar-refractivity contribution in [1.82, 2.24) is 9.78 Å². The average molecular weight is 274 g/mol. The second-order valence-corrected chi connectivity index (χ2v) is 5.49. The van der Waals surface area contributed by atoms with Gasteiger partial charge >= 0.3 is 0 Å². The summed E-state index contributed by atoms with van der Waals surface area (Å²) in [5.41, 5.74) is 1.91. The van der Waals surface area contributed by atoms with Crippen molar-refractivity contribution in [2.45, 2.75) is 31.7 Å². The number of Topliss-reactive ketones (excluding diaryl/α,β-unsaturated/α-hetero) is 1. The fraction of sp³-hybridized carbons (Fsp3) is 0.333. The molecule has 1 heterocycles. The Labute approximate surface area is 118 Å². The maximum absolute atomic E-state index is 12.1. The molecule has 0 fully saturated rings. The van der Waals surface area contributed by atoms with Gasteiger partial charge in [0.25, 0.3) is 0 Å². The quantitative estimate of drug-likeness (QED) is 0.596. The van der Waals surface area contributed by atoms with Gasteiger partial charge in [-0.05, 0) is 25.0 Å². The molecule has 2 aromatic rings. The van der Waals surface area contributed by atoms with Gasteiger partial charge in [-0.15, -0.1) is 11.8 Å². The Morgan fingerprint density at radius 3 is 2.89 bits per heavy atom. The van der Waals surface area contributed by atoms with E-state index in [4.69, 9.17) is 0 Å². The third-order valence-electron chi connectivity index (χ3n) is 2.86. The minimum atomic E-state index is 0.135. The van der Waals surface area contributed by atoms with Crippen LogP contribution < -0.4 is 0 Å². The van der Waals surface area contributed by atoms with Gasteiger partial charge in [0.1, 0.15) is 0 Å². The molecule has 4 heteroatoms. The molecule has 0 saturated heterocycles. The summed E-state index contributed by atoms with van der Waals surface area (Å²) in [4.78, 5) is 13.2. The Morgan fingerprint density at radius 2 is 2.16 bits per heavy atom. The molecule has 1 aromatic carbocycles. The van der Waals surface area contributed by atoms with Crippen molar-refractivity contribution in [1.29, 1.82) is 0 Å². The summed E-state index contributed by atoms with van der Waals surface area (Å²) in [6.45, 7) is 5.02. The van der Waals surface area contributed by atoms with Crippen LogP contribution >= 0.6 is 11.8 Å². The molecule has 0 atom stereocenters. The van der Waals surface area contributed by atoms with Gasteiger partial charge in [-0.1, -0.05) is 25.1 Å². The number of nitrogens with zero attached hydrogens (tertiary/aromatic N) is 2. The largest absolute Gasteiger partial charge is 0.293 e. The van der Waals surface area contributed by atoms with Crippen molar-refractivity contribution >= 4 is 17.5 Å². The van der Waals surface area contributed by atoms with Crippen molar-refractivity contribution in [3.8, 4) is 0 Å². The summed E-state index contributed by atoms with van der Waals surface area (Å²) in [7, 11) is 0. The molecule has 19 heavy (non-hydrogen) atoms. The van der Waals surface area contributed by atoms with Crippen LogP contribution in [-0.4, -0.2) is 21.3 Å². The van der Waals surface area contributed by atoms with Crippen LogP contribution in [0.5, 0.6) is 0 Å². The normalized spacial score (nSPS) is 10.6. The van der Waals surface area contributed by atoms with Crippen LogP contribution in [-0.2, 0) is 6.54 Å². The number of carbonyl (C=O) groups is 1. The summed E-state index contributed by atoms with van der Waals surface area (Å²) in [5.74, 6) is 0.596. The predicted molar refractivity (Wildman–Crippen MR) is 78.8 cm³/mol. The van der Waals surface area contributed by atoms with E-state index in [9.17, 15) is 4.79 Å². The number of carbonyl (C=O) groups excluding carboxylic acids is 1. The number of thioether (sulfide) groups is 1. The number of rotatable bonds is 6. The maximum Gasteiger partial charge on any atom is 0.176 e. The zero-order valence-corrected chi connectivity index (χ0v) is 12.1. The number of hydrogen-bond donors (Lipinski definition) is 0. The molecule has 0 aliphatic heterocycles. The molecule has 0 aliphatic rings. The highest BCUT2D eigenvalue weighted by Gasteiger charge is 2.10. The third-order valence-corrected chi connectivity index (χ3v) is 4.04. The minimum absolute atomic E-state index is 0.135. The number of aryl methyl sites for hydroxylation is 2. The molecular formula is C15H18N2OS. The van der Waals surface area contributed by atoms with Gasteiger partial charge in [0.2, 0.25) is 0 Å². The Morgan fingerprint density at radius 1 is 1.37 bits per heavy atom. The predicted octanol–water partition coefficient (Wildman–Crippen LogP) is 3.58. The molecule has 0 radical (unpaired) electrons. The zero-order chi connectivity index (χ0) is 13.7. The molecule has 0 amide bonds. The van der Waals surface area contributed by atoms with Crippen molar-refractivity contribution in [2.24, 2.45) is 0 Å². The van der Waals surface area contributed by atoms with Crippen LogP contribution in [0.3, 0.4) is 0 Å². The number of aromatic nitrogens is 2. The first-order chi connectivity index (χ1) is 9.20. The molecular weight excluding hydrogens is 256 g/mol. The lowest BCUT2D eigenvalue weighted by molar-refractivity contribution is 0.102. The second-order valence-electron chi connectivity index (χ2n) is 4.47. The number of ketones is 1. The number of hydrogen-bond acceptors (Lipinski definition) is 3. The van der Waals surface area contributed by atoms with Crippen molar-refractivity contribution in [2.75, 3.05) is 5.75 Å². The van der Waals surface area contributed by atoms with Gasteiger partial charge in [-0.3, -0.25) is 9.48 Å². The van der Waals surface area contributed by atoms with E-state index < -0.39 is 0 Å². The van der Waals surface area contributed by atoms with Gasteiger partial charge in [0.15, 0.2) is 5.78 Å². The second kappa shape index (κ2) is 6.57. The monoisotopic (exact) mass is 274 g/mol. The molecule has 0 bridgehead atoms. The first kappa shape index (κ1) is 13.9. The fourth-order valence-corrected chi connectivity index (χ4v) is 2.73. The highest BCUT2D eigenvalue weighted by atomic mass is 32.2. The van der Waals surface area contributed by atoms with Crippen molar-refractivity contribution in [3.63, 3.8) is 0 Å². The van der Waals surface area contributed by atoms with E-state index in [2.05, 4.69) is 25.0 Å². The van der Waals surface area contributed by atoms with E-state index in [0.29, 0.717) is 11.3 Å². The maximum atomic E-state index is 12.1. The Bertz CT molecular complexity index is 563. The molecule has 0 unspecified atom stereocenters. The topological polar surface area (TPSA) is 34.9 Å². The van der Waals surface area contributed by atoms with Crippen LogP contribution in [0, 0.1) is 6.92 Å². The highest BCUT2D eigenvalue weighted by Crippen LogP contribution is 2.22. The van der Waals surface area contributed by atoms with E-state index in [-0.39, 0.29) is 5.78 Å². The van der Waals surface area contributed by atoms with Crippen molar-refractivity contribution in [3.05, 3.63) is 47.8 Å². The standard InChI is InChI=1S/C15H18N2OS/c1-3-8-17-10-13(9-16-17)14(18)11-19-15-7-5-4-6-12(15)2/h4-7,9-10H,3,8,11H2,1-2H3. The molecule has 2 rings (SSSR count). The summed E-state index contributed by atoms with van der Waals surface area (Å²) in [6, 6.07) is 8.12. The fourth-order valence-electron chi connectivity index (χ4n) is 1.80. The van der Waals surface area contributed by atoms with Crippen LogP contribution in [0.25, 0.3) is 0 Å². The van der Waals surface area contributed by atoms with Gasteiger partial charge in [-0.2, -0.15) is 5.10 Å². The lowest BCUT2D eigenvalue weighted by Crippen LogP contribution is -2.01. The Kier molecular flexibility index (Phi) is 4.80. The van der Waals surface area contributed by atoms with E-state index in [0.717, 1.165) is 17.9 Å². The molecule has 100 valence electrons. The molecule has 3 nitrogen and oxygen atoms in total. The zero-order valence-electron chi connectivity index (χ0n) is 11.3. The smallest absolute Gasteiger partial charge is 0.176 e. The summed E-state index contributed by atoms with van der Waals surface area (Å²) < 4.78 is 1.83. The highest BCUT2D eigenvalue weighted by molar-refractivity contribution is 8.00. The van der Waals surface area contributed by atoms with Gasteiger partial charge in [0.05, 0.1) is 17.5 Å². The van der Waals surface area contributed by atoms with Crippen LogP contribution in [0.4, 0.5) is 0 Å². The molecule has 0 N–H and O–H groups in total. The van der Waals surface area contributed by atoms with Gasteiger partial charge in [-0.25, -0.2) is 0 Å². The first-order valence-corrected chi connectivity index (χ1v) is 7.43. The van der Waals surface area contributed by atoms with Crippen LogP contribution in [0.2, 0.25) is 0 Å². The first-order valence-electron chi connectivity index (χ1n) is 6.44. The molecule has 0 spiro atoms. The lowest BCUT2D eigenvalue weighted by atomic mass is 10.2. The van der Waals surface area contributed by atoms with E-state index in [1.165, 1.54) is 5.56 Å². The SMILES string of the molecule is CCCn1cc(C(=O)CSc2ccccc2C)cn1. The van der Waals surface area contributed by atoms with Gasteiger partial charge < -0.3 is 0 Å². The summed E-state index contributed by atoms with van der Waals surface area (Å²) in [5, 5.41) is 4.19. The summed E-state index contributed by atoms with van der Waals surface area (Å²) in [6.07, 6.45) is 4.52. The van der Waals surface area contributed by atoms with Gasteiger partial charge in [0, 0.05) is 17.6 Å². The van der Waals surface area contributed by atoms with Crippen LogP contribution in [0.15, 0.2) is 41.6 Å². The lowest BCUT2D eigenvalue weighted by Gasteiger charge is -2.03. The van der Waals surface area contributed by atoms with E-state index in [1.54, 1.807) is 18.0 Å². The van der Waals surface area contributed by atoms with Crippen molar-refractivity contribution < 1.29 is 4.79 Å². The summed E-state index contributed by atoms with van der Waals surface area (Å²) >= 11 is 1.59. The minimum Gasteiger partial charge on any atom is -0.293 e. The Balaban J connectivity index is 1.95. The number of benzene rings is 1. The van der Waals surface area contributed by atoms with Crippen LogP contribution in [0.1, 0.15) is 29.3 Å². The van der Waals surface area contributed by atoms with E-state index in [1.807, 2.05) is 29.1 Å². The molecule has 0 aliphatic carbocycles. The molecule has 1 aromatic heterocycles. The van der Waals surface area contributed by atoms with E-state index >= 15 is 0 Å². The average Bonchev–Trinajstić information content (AvgIpc) is 2.87.